The Bertz CT molecular complexity index is 351. The predicted octanol–water partition coefficient (Wildman–Crippen LogP) is 2.86. The first kappa shape index (κ1) is 12.5. The van der Waals surface area contributed by atoms with Gasteiger partial charge >= 0.3 is 0 Å². The van der Waals surface area contributed by atoms with Crippen LogP contribution in [0.3, 0.4) is 0 Å². The lowest BCUT2D eigenvalue weighted by Crippen LogP contribution is -2.29. The minimum absolute atomic E-state index is 0.236. The maximum absolute atomic E-state index is 9.36. The highest BCUT2D eigenvalue weighted by atomic mass is 16.5. The van der Waals surface area contributed by atoms with Crippen LogP contribution in [-0.4, -0.2) is 18.0 Å². The van der Waals surface area contributed by atoms with Gasteiger partial charge in [-0.1, -0.05) is 12.2 Å². The molecule has 0 aromatic heterocycles. The molecule has 0 aromatic carbocycles. The van der Waals surface area contributed by atoms with Gasteiger partial charge in [0.15, 0.2) is 0 Å². The third kappa shape index (κ3) is 2.33. The quantitative estimate of drug-likeness (QED) is 0.666. The second-order valence-electron chi connectivity index (χ2n) is 4.70. The Morgan fingerprint density at radius 3 is 2.38 bits per heavy atom. The number of nitrogens with zero attached hydrogens (tertiary/aromatic N) is 2. The van der Waals surface area contributed by atoms with Gasteiger partial charge in [0, 0.05) is 0 Å². The molecule has 16 heavy (non-hydrogen) atoms. The van der Waals surface area contributed by atoms with Crippen molar-refractivity contribution < 1.29 is 4.74 Å². The SMILES string of the molecule is C=CCC(C#N)(CC=C)C1=NC(C)(C)CO1. The monoisotopic (exact) mass is 218 g/mol. The first-order chi connectivity index (χ1) is 7.49. The normalized spacial score (nSPS) is 18.2. The van der Waals surface area contributed by atoms with Gasteiger partial charge in [-0.3, -0.25) is 0 Å². The molecule has 1 aliphatic heterocycles. The van der Waals surface area contributed by atoms with Gasteiger partial charge in [-0.2, -0.15) is 5.26 Å². The number of rotatable bonds is 5. The summed E-state index contributed by atoms with van der Waals surface area (Å²) in [7, 11) is 0. The zero-order chi connectivity index (χ0) is 12.2. The minimum Gasteiger partial charge on any atom is -0.477 e. The summed E-state index contributed by atoms with van der Waals surface area (Å²) in [6.07, 6.45) is 4.52. The third-order valence-electron chi connectivity index (χ3n) is 2.58. The molecule has 0 aliphatic carbocycles. The largest absolute Gasteiger partial charge is 0.477 e. The topological polar surface area (TPSA) is 45.4 Å². The minimum atomic E-state index is -0.725. The van der Waals surface area contributed by atoms with Crippen LogP contribution in [0.4, 0.5) is 0 Å². The summed E-state index contributed by atoms with van der Waals surface area (Å²) in [6.45, 7) is 11.9. The van der Waals surface area contributed by atoms with Crippen LogP contribution in [-0.2, 0) is 4.74 Å². The van der Waals surface area contributed by atoms with Crippen LogP contribution in [0.25, 0.3) is 0 Å². The van der Waals surface area contributed by atoms with E-state index in [0.717, 1.165) is 0 Å². The van der Waals surface area contributed by atoms with Crippen LogP contribution in [0.5, 0.6) is 0 Å². The number of allylic oxidation sites excluding steroid dienone is 2. The molecular weight excluding hydrogens is 200 g/mol. The molecule has 3 heteroatoms. The van der Waals surface area contributed by atoms with Gasteiger partial charge in [0.1, 0.15) is 12.0 Å². The summed E-state index contributed by atoms with van der Waals surface area (Å²) in [5, 5.41) is 9.36. The maximum Gasteiger partial charge on any atom is 0.205 e. The fourth-order valence-electron chi connectivity index (χ4n) is 1.72. The average molecular weight is 218 g/mol. The van der Waals surface area contributed by atoms with Crippen LogP contribution in [0, 0.1) is 16.7 Å². The molecule has 0 N–H and O–H groups in total. The van der Waals surface area contributed by atoms with Gasteiger partial charge in [0.25, 0.3) is 0 Å². The Morgan fingerprint density at radius 2 is 2.06 bits per heavy atom. The lowest BCUT2D eigenvalue weighted by molar-refractivity contribution is 0.255. The lowest BCUT2D eigenvalue weighted by Gasteiger charge is -2.22. The molecule has 0 fully saturated rings. The molecule has 1 rings (SSSR count). The number of nitriles is 1. The molecule has 1 heterocycles. The van der Waals surface area contributed by atoms with Gasteiger partial charge in [-0.15, -0.1) is 13.2 Å². The van der Waals surface area contributed by atoms with Gasteiger partial charge in [-0.25, -0.2) is 4.99 Å². The Balaban J connectivity index is 3.07. The summed E-state index contributed by atoms with van der Waals surface area (Å²) in [4.78, 5) is 4.48. The van der Waals surface area contributed by atoms with Crippen LogP contribution in [0.15, 0.2) is 30.3 Å². The Hall–Kier alpha value is -1.56. The highest BCUT2D eigenvalue weighted by Gasteiger charge is 2.41. The van der Waals surface area contributed by atoms with E-state index in [0.29, 0.717) is 25.3 Å². The van der Waals surface area contributed by atoms with E-state index in [1.54, 1.807) is 12.2 Å². The first-order valence-corrected chi connectivity index (χ1v) is 5.36. The molecule has 0 bridgehead atoms. The van der Waals surface area contributed by atoms with Crippen molar-refractivity contribution in [3.05, 3.63) is 25.3 Å². The van der Waals surface area contributed by atoms with E-state index in [1.807, 2.05) is 13.8 Å². The fraction of sp³-hybridized carbons (Fsp3) is 0.538. The highest BCUT2D eigenvalue weighted by molar-refractivity contribution is 5.87. The molecule has 0 aromatic rings. The van der Waals surface area contributed by atoms with E-state index in [2.05, 4.69) is 24.2 Å². The Morgan fingerprint density at radius 1 is 1.50 bits per heavy atom. The Kier molecular flexibility index (Phi) is 3.54. The molecule has 3 nitrogen and oxygen atoms in total. The van der Waals surface area contributed by atoms with Crippen molar-refractivity contribution in [1.29, 1.82) is 5.26 Å². The molecule has 0 saturated heterocycles. The first-order valence-electron chi connectivity index (χ1n) is 5.36. The zero-order valence-electron chi connectivity index (χ0n) is 9.99. The molecule has 0 atom stereocenters. The molecular formula is C13H18N2O. The summed E-state index contributed by atoms with van der Waals surface area (Å²) in [5.41, 5.74) is -0.961. The van der Waals surface area contributed by atoms with Crippen molar-refractivity contribution in [3.8, 4) is 6.07 Å². The van der Waals surface area contributed by atoms with Crippen molar-refractivity contribution in [3.63, 3.8) is 0 Å². The average Bonchev–Trinajstić information content (AvgIpc) is 2.59. The van der Waals surface area contributed by atoms with Crippen molar-refractivity contribution in [2.45, 2.75) is 32.2 Å². The standard InChI is InChI=1S/C13H18N2O/c1-5-7-13(9-14,8-6-2)11-15-12(3,4)10-16-11/h5-6H,1-2,7-8,10H2,3-4H3. The molecule has 0 saturated carbocycles. The molecule has 0 radical (unpaired) electrons. The van der Waals surface area contributed by atoms with E-state index < -0.39 is 5.41 Å². The highest BCUT2D eigenvalue weighted by Crippen LogP contribution is 2.34. The van der Waals surface area contributed by atoms with Crippen LogP contribution in [0.1, 0.15) is 26.7 Å². The lowest BCUT2D eigenvalue weighted by atomic mass is 9.82. The van der Waals surface area contributed by atoms with Crippen LogP contribution < -0.4 is 0 Å². The smallest absolute Gasteiger partial charge is 0.205 e. The molecule has 0 unspecified atom stereocenters. The van der Waals surface area contributed by atoms with E-state index in [4.69, 9.17) is 4.74 Å². The summed E-state index contributed by atoms with van der Waals surface area (Å²) in [5.74, 6) is 0.528. The summed E-state index contributed by atoms with van der Waals surface area (Å²) in [6, 6.07) is 2.30. The van der Waals surface area contributed by atoms with Gasteiger partial charge < -0.3 is 4.74 Å². The van der Waals surface area contributed by atoms with E-state index >= 15 is 0 Å². The van der Waals surface area contributed by atoms with Crippen LogP contribution in [0.2, 0.25) is 0 Å². The van der Waals surface area contributed by atoms with Crippen molar-refractivity contribution in [2.24, 2.45) is 10.4 Å². The summed E-state index contributed by atoms with van der Waals surface area (Å²) >= 11 is 0. The van der Waals surface area contributed by atoms with Gasteiger partial charge in [0.2, 0.25) is 5.90 Å². The molecule has 0 spiro atoms. The predicted molar refractivity (Wildman–Crippen MR) is 65.1 cm³/mol. The van der Waals surface area contributed by atoms with E-state index in [9.17, 15) is 5.26 Å². The Labute approximate surface area is 97.1 Å². The molecule has 86 valence electrons. The maximum atomic E-state index is 9.36. The number of ether oxygens (including phenoxy) is 1. The molecule has 1 aliphatic rings. The molecule has 0 amide bonds. The van der Waals surface area contributed by atoms with Crippen molar-refractivity contribution in [2.75, 3.05) is 6.61 Å². The summed E-state index contributed by atoms with van der Waals surface area (Å²) < 4.78 is 5.56. The van der Waals surface area contributed by atoms with E-state index in [1.165, 1.54) is 0 Å². The number of aliphatic imine (C=N–C) groups is 1. The fourth-order valence-corrected chi connectivity index (χ4v) is 1.72. The third-order valence-corrected chi connectivity index (χ3v) is 2.58. The number of hydrogen-bond acceptors (Lipinski definition) is 3. The van der Waals surface area contributed by atoms with Gasteiger partial charge in [-0.05, 0) is 26.7 Å². The van der Waals surface area contributed by atoms with Crippen LogP contribution >= 0.6 is 0 Å². The van der Waals surface area contributed by atoms with Gasteiger partial charge in [0.05, 0.1) is 11.6 Å². The van der Waals surface area contributed by atoms with Crippen molar-refractivity contribution in [1.82, 2.24) is 0 Å². The number of hydrogen-bond donors (Lipinski definition) is 0. The van der Waals surface area contributed by atoms with E-state index in [-0.39, 0.29) is 5.54 Å². The second kappa shape index (κ2) is 4.52. The zero-order valence-corrected chi connectivity index (χ0v) is 9.99. The second-order valence-corrected chi connectivity index (χ2v) is 4.70. The van der Waals surface area contributed by atoms with Crippen molar-refractivity contribution >= 4 is 5.90 Å².